The van der Waals surface area contributed by atoms with Crippen LogP contribution in [-0.4, -0.2) is 50.0 Å². The third-order valence-electron chi connectivity index (χ3n) is 6.73. The topological polar surface area (TPSA) is 86.8 Å². The van der Waals surface area contributed by atoms with Crippen LogP contribution in [0, 0.1) is 6.92 Å². The molecule has 3 rings (SSSR count). The van der Waals surface area contributed by atoms with Gasteiger partial charge in [0.05, 0.1) is 11.9 Å². The molecule has 0 bridgehead atoms. The third-order valence-corrected chi connectivity index (χ3v) is 7.92. The number of nitrogens with one attached hydrogen (secondary N) is 1. The van der Waals surface area contributed by atoms with Crippen molar-refractivity contribution in [1.82, 2.24) is 10.2 Å². The van der Waals surface area contributed by atoms with Gasteiger partial charge in [-0.05, 0) is 55.9 Å². The third kappa shape index (κ3) is 7.82. The van der Waals surface area contributed by atoms with Crippen LogP contribution in [-0.2, 0) is 26.2 Å². The van der Waals surface area contributed by atoms with Gasteiger partial charge in [0, 0.05) is 25.6 Å². The molecule has 8 heteroatoms. The van der Waals surface area contributed by atoms with Gasteiger partial charge in [-0.25, -0.2) is 8.42 Å². The number of amides is 2. The lowest BCUT2D eigenvalue weighted by atomic mass is 10.1. The van der Waals surface area contributed by atoms with Gasteiger partial charge >= 0.3 is 0 Å². The number of aryl methyl sites for hydroxylation is 1. The molecule has 196 valence electrons. The predicted molar refractivity (Wildman–Crippen MR) is 144 cm³/mol. The summed E-state index contributed by atoms with van der Waals surface area (Å²) >= 11 is 0. The number of carbonyl (C=O) groups is 2. The highest BCUT2D eigenvalue weighted by Crippen LogP contribution is 2.22. The van der Waals surface area contributed by atoms with E-state index in [9.17, 15) is 18.0 Å². The molecule has 0 heterocycles. The molecule has 1 fully saturated rings. The summed E-state index contributed by atoms with van der Waals surface area (Å²) in [5, 5.41) is 3.15. The van der Waals surface area contributed by atoms with E-state index in [4.69, 9.17) is 0 Å². The lowest BCUT2D eigenvalue weighted by molar-refractivity contribution is -0.141. The normalized spacial score (nSPS) is 14.9. The molecule has 7 nitrogen and oxygen atoms in total. The van der Waals surface area contributed by atoms with Crippen molar-refractivity contribution in [2.75, 3.05) is 17.1 Å². The molecule has 2 amide bonds. The lowest BCUT2D eigenvalue weighted by Gasteiger charge is -2.32. The van der Waals surface area contributed by atoms with E-state index >= 15 is 0 Å². The number of nitrogens with zero attached hydrogens (tertiary/aromatic N) is 2. The van der Waals surface area contributed by atoms with E-state index in [-0.39, 0.29) is 30.8 Å². The second-order valence-corrected chi connectivity index (χ2v) is 11.6. The van der Waals surface area contributed by atoms with Crippen LogP contribution in [0.4, 0.5) is 5.69 Å². The predicted octanol–water partition coefficient (Wildman–Crippen LogP) is 4.41. The summed E-state index contributed by atoms with van der Waals surface area (Å²) in [4.78, 5) is 28.4. The minimum Gasteiger partial charge on any atom is -0.352 e. The fraction of sp³-hybridized carbons (Fsp3) is 0.500. The standard InChI is InChI=1S/C28H39N3O4S/c1-4-26(28(33)29-24-15-8-9-16-24)30(21-23-13-6-5-7-14-23)27(32)18-11-19-31(36(3,34)35)25-17-10-12-22(2)20-25/h5-7,10,12-14,17,20,24,26H,4,8-9,11,15-16,18-19,21H2,1-3H3,(H,29,33). The fourth-order valence-corrected chi connectivity index (χ4v) is 5.81. The maximum absolute atomic E-state index is 13.5. The highest BCUT2D eigenvalue weighted by Gasteiger charge is 2.30. The summed E-state index contributed by atoms with van der Waals surface area (Å²) in [6, 6.07) is 16.6. The minimum atomic E-state index is -3.51. The number of hydrogen-bond donors (Lipinski definition) is 1. The number of hydrogen-bond acceptors (Lipinski definition) is 4. The van der Waals surface area contributed by atoms with Crippen LogP contribution in [0.5, 0.6) is 0 Å². The summed E-state index contributed by atoms with van der Waals surface area (Å²) in [5.74, 6) is -0.254. The summed E-state index contributed by atoms with van der Waals surface area (Å²) in [6.45, 7) is 4.37. The van der Waals surface area contributed by atoms with E-state index in [1.54, 1.807) is 11.0 Å². The van der Waals surface area contributed by atoms with E-state index < -0.39 is 16.1 Å². The van der Waals surface area contributed by atoms with Gasteiger partial charge in [-0.1, -0.05) is 62.2 Å². The van der Waals surface area contributed by atoms with E-state index in [1.807, 2.05) is 62.4 Å². The number of carbonyl (C=O) groups excluding carboxylic acids is 2. The molecular weight excluding hydrogens is 474 g/mol. The molecule has 0 aromatic heterocycles. The van der Waals surface area contributed by atoms with Gasteiger partial charge in [0.2, 0.25) is 21.8 Å². The van der Waals surface area contributed by atoms with Gasteiger partial charge in [0.15, 0.2) is 0 Å². The first-order chi connectivity index (χ1) is 17.2. The van der Waals surface area contributed by atoms with E-state index in [0.717, 1.165) is 36.8 Å². The van der Waals surface area contributed by atoms with Gasteiger partial charge in [-0.2, -0.15) is 0 Å². The summed E-state index contributed by atoms with van der Waals surface area (Å²) in [6.07, 6.45) is 6.39. The first kappa shape index (κ1) is 27.7. The average molecular weight is 514 g/mol. The Bertz CT molecular complexity index is 1110. The smallest absolute Gasteiger partial charge is 0.243 e. The Morgan fingerprint density at radius 3 is 2.36 bits per heavy atom. The maximum Gasteiger partial charge on any atom is 0.243 e. The summed E-state index contributed by atoms with van der Waals surface area (Å²) in [7, 11) is -3.51. The summed E-state index contributed by atoms with van der Waals surface area (Å²) < 4.78 is 26.3. The number of sulfonamides is 1. The van der Waals surface area contributed by atoms with Crippen molar-refractivity contribution >= 4 is 27.5 Å². The lowest BCUT2D eigenvalue weighted by Crippen LogP contribution is -2.51. The maximum atomic E-state index is 13.5. The largest absolute Gasteiger partial charge is 0.352 e. The van der Waals surface area contributed by atoms with Crippen LogP contribution >= 0.6 is 0 Å². The van der Waals surface area contributed by atoms with Crippen LogP contribution in [0.3, 0.4) is 0 Å². The van der Waals surface area contributed by atoms with Gasteiger partial charge in [0.25, 0.3) is 0 Å². The van der Waals surface area contributed by atoms with Crippen LogP contribution in [0.15, 0.2) is 54.6 Å². The molecular formula is C28H39N3O4S. The Morgan fingerprint density at radius 2 is 1.75 bits per heavy atom. The zero-order chi connectivity index (χ0) is 26.1. The first-order valence-electron chi connectivity index (χ1n) is 12.9. The molecule has 0 spiro atoms. The van der Waals surface area contributed by atoms with Crippen LogP contribution < -0.4 is 9.62 Å². The van der Waals surface area contributed by atoms with Crippen LogP contribution in [0.25, 0.3) is 0 Å². The molecule has 0 saturated heterocycles. The zero-order valence-corrected chi connectivity index (χ0v) is 22.5. The SMILES string of the molecule is CCC(C(=O)NC1CCCC1)N(Cc1ccccc1)C(=O)CCCN(c1cccc(C)c1)S(C)(=O)=O. The molecule has 2 aromatic rings. The van der Waals surface area contributed by atoms with Gasteiger partial charge in [0.1, 0.15) is 6.04 Å². The van der Waals surface area contributed by atoms with Gasteiger partial charge in [-0.15, -0.1) is 0 Å². The van der Waals surface area contributed by atoms with Crippen molar-refractivity contribution < 1.29 is 18.0 Å². The summed E-state index contributed by atoms with van der Waals surface area (Å²) in [5.41, 5.74) is 2.51. The molecule has 0 aliphatic heterocycles. The Hall–Kier alpha value is -2.87. The monoisotopic (exact) mass is 513 g/mol. The average Bonchev–Trinajstić information content (AvgIpc) is 3.34. The van der Waals surface area contributed by atoms with Gasteiger partial charge in [-0.3, -0.25) is 13.9 Å². The molecule has 36 heavy (non-hydrogen) atoms. The van der Waals surface area contributed by atoms with Crippen molar-refractivity contribution in [1.29, 1.82) is 0 Å². The van der Waals surface area contributed by atoms with Crippen molar-refractivity contribution in [3.05, 3.63) is 65.7 Å². The van der Waals surface area contributed by atoms with Crippen molar-refractivity contribution in [3.63, 3.8) is 0 Å². The molecule has 1 aliphatic carbocycles. The Balaban J connectivity index is 1.73. The quantitative estimate of drug-likeness (QED) is 0.456. The molecule has 1 N–H and O–H groups in total. The van der Waals surface area contributed by atoms with Gasteiger partial charge < -0.3 is 10.2 Å². The van der Waals surface area contributed by atoms with Crippen molar-refractivity contribution in [2.24, 2.45) is 0 Å². The van der Waals surface area contributed by atoms with Crippen molar-refractivity contribution in [2.45, 2.75) is 77.4 Å². The van der Waals surface area contributed by atoms with Crippen LogP contribution in [0.1, 0.15) is 63.0 Å². The first-order valence-corrected chi connectivity index (χ1v) is 14.7. The Kier molecular flexibility index (Phi) is 9.93. The molecule has 2 aromatic carbocycles. The van der Waals surface area contributed by atoms with E-state index in [0.29, 0.717) is 25.1 Å². The number of benzene rings is 2. The zero-order valence-electron chi connectivity index (χ0n) is 21.7. The highest BCUT2D eigenvalue weighted by atomic mass is 32.2. The van der Waals surface area contributed by atoms with E-state index in [2.05, 4.69) is 5.32 Å². The second-order valence-electron chi connectivity index (χ2n) is 9.70. The van der Waals surface area contributed by atoms with Crippen molar-refractivity contribution in [3.8, 4) is 0 Å². The molecule has 1 aliphatic rings. The highest BCUT2D eigenvalue weighted by molar-refractivity contribution is 7.92. The Morgan fingerprint density at radius 1 is 1.06 bits per heavy atom. The molecule has 1 unspecified atom stereocenters. The van der Waals surface area contributed by atoms with E-state index in [1.165, 1.54) is 10.6 Å². The molecule has 1 atom stereocenters. The fourth-order valence-electron chi connectivity index (χ4n) is 4.85. The van der Waals surface area contributed by atoms with Crippen LogP contribution in [0.2, 0.25) is 0 Å². The number of rotatable bonds is 12. The second kappa shape index (κ2) is 12.9. The minimum absolute atomic E-state index is 0.105. The number of anilines is 1. The molecule has 0 radical (unpaired) electrons. The Labute approximate surface area is 215 Å². The molecule has 1 saturated carbocycles.